The zero-order chi connectivity index (χ0) is 15.2. The minimum atomic E-state index is -1.03. The Morgan fingerprint density at radius 1 is 1.37 bits per heavy atom. The standard InChI is InChI=1S/C13H26N2O4/c1-7-15(9(2)8-19-6)12(18)14-10(11(16)17)13(3,4)5/h9-10H,7-8H2,1-6H3,(H,14,18)(H,16,17)/t9?,10-/m1/s1. The second kappa shape index (κ2) is 7.33. The van der Waals surface area contributed by atoms with Crippen LogP contribution in [0.1, 0.15) is 34.6 Å². The molecule has 2 N–H and O–H groups in total. The summed E-state index contributed by atoms with van der Waals surface area (Å²) in [4.78, 5) is 24.9. The summed E-state index contributed by atoms with van der Waals surface area (Å²) in [6.07, 6.45) is 0. The maximum Gasteiger partial charge on any atom is 0.326 e. The second-order valence-electron chi connectivity index (χ2n) is 5.68. The van der Waals surface area contributed by atoms with E-state index in [1.54, 1.807) is 32.8 Å². The SMILES string of the molecule is CCN(C(=O)N[C@H](C(=O)O)C(C)(C)C)C(C)COC. The number of nitrogens with zero attached hydrogens (tertiary/aromatic N) is 1. The molecule has 0 aliphatic rings. The van der Waals surface area contributed by atoms with Gasteiger partial charge in [-0.05, 0) is 19.3 Å². The fourth-order valence-corrected chi connectivity index (χ4v) is 1.84. The highest BCUT2D eigenvalue weighted by atomic mass is 16.5. The molecule has 0 heterocycles. The van der Waals surface area contributed by atoms with Gasteiger partial charge in [0.25, 0.3) is 0 Å². The first-order valence-corrected chi connectivity index (χ1v) is 6.44. The number of urea groups is 1. The van der Waals surface area contributed by atoms with Crippen LogP contribution < -0.4 is 5.32 Å². The number of carboxylic acids is 1. The quantitative estimate of drug-likeness (QED) is 0.770. The smallest absolute Gasteiger partial charge is 0.326 e. The average molecular weight is 274 g/mol. The number of rotatable bonds is 6. The van der Waals surface area contributed by atoms with Crippen LogP contribution in [0.15, 0.2) is 0 Å². The molecule has 0 spiro atoms. The maximum atomic E-state index is 12.1. The summed E-state index contributed by atoms with van der Waals surface area (Å²) in [7, 11) is 1.57. The number of ether oxygens (including phenoxy) is 1. The molecular formula is C13H26N2O4. The van der Waals surface area contributed by atoms with Crippen molar-refractivity contribution < 1.29 is 19.4 Å². The summed E-state index contributed by atoms with van der Waals surface area (Å²) in [5.41, 5.74) is -0.550. The molecule has 19 heavy (non-hydrogen) atoms. The molecule has 0 aromatic rings. The van der Waals surface area contributed by atoms with Gasteiger partial charge in [-0.1, -0.05) is 20.8 Å². The molecule has 0 aliphatic carbocycles. The number of nitrogens with one attached hydrogen (secondary N) is 1. The van der Waals surface area contributed by atoms with Crippen molar-refractivity contribution in [3.63, 3.8) is 0 Å². The molecule has 0 aromatic heterocycles. The van der Waals surface area contributed by atoms with Crippen molar-refractivity contribution in [2.75, 3.05) is 20.3 Å². The molecule has 112 valence electrons. The average Bonchev–Trinajstić information content (AvgIpc) is 2.25. The highest BCUT2D eigenvalue weighted by Crippen LogP contribution is 2.19. The molecule has 2 atom stereocenters. The number of carbonyl (C=O) groups is 2. The lowest BCUT2D eigenvalue weighted by Crippen LogP contribution is -2.55. The van der Waals surface area contributed by atoms with Crippen molar-refractivity contribution in [2.45, 2.75) is 46.7 Å². The van der Waals surface area contributed by atoms with E-state index < -0.39 is 17.4 Å². The number of aliphatic carboxylic acids is 1. The van der Waals surface area contributed by atoms with Crippen LogP contribution in [-0.4, -0.2) is 54.4 Å². The number of likely N-dealkylation sites (N-methyl/N-ethyl adjacent to an activating group) is 1. The van der Waals surface area contributed by atoms with E-state index in [0.29, 0.717) is 13.2 Å². The first-order valence-electron chi connectivity index (χ1n) is 6.44. The lowest BCUT2D eigenvalue weighted by atomic mass is 9.87. The van der Waals surface area contributed by atoms with Crippen LogP contribution >= 0.6 is 0 Å². The number of methoxy groups -OCH3 is 1. The zero-order valence-electron chi connectivity index (χ0n) is 12.7. The number of hydrogen-bond acceptors (Lipinski definition) is 3. The van der Waals surface area contributed by atoms with Gasteiger partial charge >= 0.3 is 12.0 Å². The maximum absolute atomic E-state index is 12.1. The number of carbonyl (C=O) groups excluding carboxylic acids is 1. The molecule has 1 unspecified atom stereocenters. The number of amides is 2. The van der Waals surface area contributed by atoms with Gasteiger partial charge in [0.15, 0.2) is 0 Å². The molecule has 0 rings (SSSR count). The van der Waals surface area contributed by atoms with Crippen molar-refractivity contribution >= 4 is 12.0 Å². The van der Waals surface area contributed by atoms with E-state index in [1.807, 2.05) is 13.8 Å². The lowest BCUT2D eigenvalue weighted by molar-refractivity contribution is -0.142. The molecule has 0 bridgehead atoms. The van der Waals surface area contributed by atoms with Crippen LogP contribution in [0.3, 0.4) is 0 Å². The third kappa shape index (κ3) is 5.46. The number of hydrogen-bond donors (Lipinski definition) is 2. The van der Waals surface area contributed by atoms with Crippen molar-refractivity contribution in [2.24, 2.45) is 5.41 Å². The van der Waals surface area contributed by atoms with Crippen LogP contribution in [0.4, 0.5) is 4.79 Å². The monoisotopic (exact) mass is 274 g/mol. The van der Waals surface area contributed by atoms with E-state index >= 15 is 0 Å². The summed E-state index contributed by atoms with van der Waals surface area (Å²) >= 11 is 0. The van der Waals surface area contributed by atoms with E-state index in [0.717, 1.165) is 0 Å². The molecule has 2 amide bonds. The van der Waals surface area contributed by atoms with Gasteiger partial charge in [0, 0.05) is 13.7 Å². The summed E-state index contributed by atoms with van der Waals surface area (Å²) in [6, 6.07) is -1.41. The molecule has 0 aromatic carbocycles. The Labute approximate surface area is 115 Å². The highest BCUT2D eigenvalue weighted by molar-refractivity contribution is 5.83. The van der Waals surface area contributed by atoms with E-state index in [1.165, 1.54) is 0 Å². The molecule has 6 heteroatoms. The van der Waals surface area contributed by atoms with Gasteiger partial charge in [0.2, 0.25) is 0 Å². The van der Waals surface area contributed by atoms with Crippen LogP contribution in [0.5, 0.6) is 0 Å². The van der Waals surface area contributed by atoms with Crippen LogP contribution in [0, 0.1) is 5.41 Å². The Morgan fingerprint density at radius 3 is 2.21 bits per heavy atom. The van der Waals surface area contributed by atoms with Gasteiger partial charge in [0.1, 0.15) is 6.04 Å². The van der Waals surface area contributed by atoms with Gasteiger partial charge in [-0.2, -0.15) is 0 Å². The Morgan fingerprint density at radius 2 is 1.89 bits per heavy atom. The summed E-state index contributed by atoms with van der Waals surface area (Å²) < 4.78 is 5.02. The van der Waals surface area contributed by atoms with Crippen molar-refractivity contribution in [1.29, 1.82) is 0 Å². The third-order valence-corrected chi connectivity index (χ3v) is 2.92. The van der Waals surface area contributed by atoms with E-state index in [9.17, 15) is 14.7 Å². The van der Waals surface area contributed by atoms with Crippen LogP contribution in [0.25, 0.3) is 0 Å². The summed E-state index contributed by atoms with van der Waals surface area (Å²) in [5.74, 6) is -1.03. The molecule has 6 nitrogen and oxygen atoms in total. The fourth-order valence-electron chi connectivity index (χ4n) is 1.84. The Kier molecular flexibility index (Phi) is 6.83. The Bertz CT molecular complexity index is 312. The molecule has 0 radical (unpaired) electrons. The van der Waals surface area contributed by atoms with Gasteiger partial charge in [-0.3, -0.25) is 0 Å². The zero-order valence-corrected chi connectivity index (χ0v) is 12.7. The number of carboxylic acid groups (broad SMARTS) is 1. The minimum Gasteiger partial charge on any atom is -0.480 e. The van der Waals surface area contributed by atoms with Gasteiger partial charge in [-0.25, -0.2) is 9.59 Å². The molecule has 0 fully saturated rings. The predicted octanol–water partition coefficient (Wildman–Crippen LogP) is 1.55. The fraction of sp³-hybridized carbons (Fsp3) is 0.846. The van der Waals surface area contributed by atoms with Gasteiger partial charge in [-0.15, -0.1) is 0 Å². The Hall–Kier alpha value is -1.30. The first-order chi connectivity index (χ1) is 8.65. The first kappa shape index (κ1) is 17.7. The lowest BCUT2D eigenvalue weighted by Gasteiger charge is -2.33. The van der Waals surface area contributed by atoms with Gasteiger partial charge in [0.05, 0.1) is 12.6 Å². The Balaban J connectivity index is 4.84. The molecule has 0 saturated heterocycles. The van der Waals surface area contributed by atoms with Crippen LogP contribution in [0.2, 0.25) is 0 Å². The van der Waals surface area contributed by atoms with Crippen molar-refractivity contribution in [3.05, 3.63) is 0 Å². The molecular weight excluding hydrogens is 248 g/mol. The molecule has 0 aliphatic heterocycles. The van der Waals surface area contributed by atoms with Gasteiger partial charge < -0.3 is 20.1 Å². The largest absolute Gasteiger partial charge is 0.480 e. The van der Waals surface area contributed by atoms with Crippen molar-refractivity contribution in [1.82, 2.24) is 10.2 Å². The summed E-state index contributed by atoms with van der Waals surface area (Å²) in [6.45, 7) is 9.95. The van der Waals surface area contributed by atoms with E-state index in [4.69, 9.17) is 4.74 Å². The minimum absolute atomic E-state index is 0.107. The van der Waals surface area contributed by atoms with E-state index in [2.05, 4.69) is 5.32 Å². The predicted molar refractivity (Wildman–Crippen MR) is 73.1 cm³/mol. The summed E-state index contributed by atoms with van der Waals surface area (Å²) in [5, 5.41) is 11.8. The molecule has 0 saturated carbocycles. The highest BCUT2D eigenvalue weighted by Gasteiger charge is 2.34. The van der Waals surface area contributed by atoms with Crippen LogP contribution in [-0.2, 0) is 9.53 Å². The van der Waals surface area contributed by atoms with E-state index in [-0.39, 0.29) is 12.1 Å². The topological polar surface area (TPSA) is 78.9 Å². The second-order valence-corrected chi connectivity index (χ2v) is 5.68. The van der Waals surface area contributed by atoms with Crippen molar-refractivity contribution in [3.8, 4) is 0 Å². The third-order valence-electron chi connectivity index (χ3n) is 2.92. The normalized spacial score (nSPS) is 14.6.